The van der Waals surface area contributed by atoms with Crippen molar-refractivity contribution in [3.8, 4) is 0 Å². The van der Waals surface area contributed by atoms with Gasteiger partial charge in [0.2, 0.25) is 0 Å². The summed E-state index contributed by atoms with van der Waals surface area (Å²) in [7, 11) is 0. The summed E-state index contributed by atoms with van der Waals surface area (Å²) in [5.41, 5.74) is -0.0250. The Kier molecular flexibility index (Phi) is 3.12. The zero-order valence-electron chi connectivity index (χ0n) is 10.1. The van der Waals surface area contributed by atoms with E-state index < -0.39 is 12.1 Å². The summed E-state index contributed by atoms with van der Waals surface area (Å²) in [6.07, 6.45) is 0.277. The molecule has 2 aromatic rings. The van der Waals surface area contributed by atoms with Gasteiger partial charge in [0.05, 0.1) is 22.7 Å². The number of benzene rings is 1. The summed E-state index contributed by atoms with van der Waals surface area (Å²) >= 11 is 1.40. The largest absolute Gasteiger partial charge is 0.479 e. The average molecular weight is 279 g/mol. The fourth-order valence-electron chi connectivity index (χ4n) is 2.34. The molecule has 0 radical (unpaired) electrons. The van der Waals surface area contributed by atoms with E-state index in [0.717, 1.165) is 4.70 Å². The first-order valence-electron chi connectivity index (χ1n) is 6.12. The number of hydrogen-bond donors (Lipinski definition) is 1. The lowest BCUT2D eigenvalue weighted by Gasteiger charge is -2.10. The van der Waals surface area contributed by atoms with E-state index in [4.69, 9.17) is 9.84 Å². The first-order chi connectivity index (χ1) is 9.15. The van der Waals surface area contributed by atoms with E-state index in [2.05, 4.69) is 0 Å². The Morgan fingerprint density at radius 1 is 1.42 bits per heavy atom. The van der Waals surface area contributed by atoms with Crippen LogP contribution in [-0.4, -0.2) is 27.2 Å². The van der Waals surface area contributed by atoms with Crippen LogP contribution in [0.5, 0.6) is 0 Å². The molecular formula is C13H13NO4S. The smallest absolute Gasteiger partial charge is 0.332 e. The van der Waals surface area contributed by atoms with Gasteiger partial charge < -0.3 is 9.84 Å². The molecule has 0 saturated carbocycles. The Bertz CT molecular complexity index is 675. The quantitative estimate of drug-likeness (QED) is 0.928. The van der Waals surface area contributed by atoms with Crippen LogP contribution in [0.4, 0.5) is 0 Å². The van der Waals surface area contributed by atoms with Crippen LogP contribution in [0, 0.1) is 0 Å². The van der Waals surface area contributed by atoms with Crippen LogP contribution >= 0.6 is 11.5 Å². The predicted octanol–water partition coefficient (Wildman–Crippen LogP) is 1.70. The number of aliphatic carboxylic acids is 1. The van der Waals surface area contributed by atoms with Crippen LogP contribution in [-0.2, 0) is 16.1 Å². The van der Waals surface area contributed by atoms with Crippen LogP contribution in [0.3, 0.4) is 0 Å². The summed E-state index contributed by atoms with van der Waals surface area (Å²) in [5, 5.41) is 9.58. The number of rotatable bonds is 3. The Labute approximate surface area is 113 Å². The molecule has 0 bridgehead atoms. The van der Waals surface area contributed by atoms with Gasteiger partial charge in [-0.1, -0.05) is 23.7 Å². The normalized spacial score (nSPS) is 22.9. The van der Waals surface area contributed by atoms with Crippen molar-refractivity contribution >= 4 is 27.6 Å². The standard InChI is InChI=1S/C13H13NO4S/c15-12-9-3-1-2-4-11(9)19-14(12)7-8-5-6-10(18-8)13(16)17/h1-4,8,10H,5-7H2,(H,16,17). The zero-order chi connectivity index (χ0) is 13.4. The number of fused-ring (bicyclic) bond motifs is 1. The molecule has 1 N–H and O–H groups in total. The summed E-state index contributed by atoms with van der Waals surface area (Å²) in [4.78, 5) is 22.9. The summed E-state index contributed by atoms with van der Waals surface area (Å²) < 4.78 is 8.02. The van der Waals surface area contributed by atoms with E-state index in [1.165, 1.54) is 11.5 Å². The zero-order valence-corrected chi connectivity index (χ0v) is 10.9. The van der Waals surface area contributed by atoms with Crippen LogP contribution in [0.1, 0.15) is 12.8 Å². The predicted molar refractivity (Wildman–Crippen MR) is 71.6 cm³/mol. The van der Waals surface area contributed by atoms with E-state index in [9.17, 15) is 9.59 Å². The number of carbonyl (C=O) groups is 1. The van der Waals surface area contributed by atoms with Crippen molar-refractivity contribution in [1.82, 2.24) is 3.96 Å². The Morgan fingerprint density at radius 2 is 2.21 bits per heavy atom. The van der Waals surface area contributed by atoms with Gasteiger partial charge in [0.15, 0.2) is 6.10 Å². The Hall–Kier alpha value is -1.66. The molecule has 1 aromatic heterocycles. The van der Waals surface area contributed by atoms with Crippen molar-refractivity contribution in [2.75, 3.05) is 0 Å². The van der Waals surface area contributed by atoms with Crippen molar-refractivity contribution in [1.29, 1.82) is 0 Å². The molecule has 2 heterocycles. The second kappa shape index (κ2) is 4.79. The van der Waals surface area contributed by atoms with Crippen molar-refractivity contribution in [3.05, 3.63) is 34.6 Å². The fraction of sp³-hybridized carbons (Fsp3) is 0.385. The van der Waals surface area contributed by atoms with Gasteiger partial charge in [-0.05, 0) is 25.0 Å². The maximum Gasteiger partial charge on any atom is 0.332 e. The maximum atomic E-state index is 12.1. The minimum Gasteiger partial charge on any atom is -0.479 e. The number of carboxylic acids is 1. The van der Waals surface area contributed by atoms with Gasteiger partial charge in [-0.25, -0.2) is 4.79 Å². The molecule has 0 spiro atoms. The maximum absolute atomic E-state index is 12.1. The Morgan fingerprint density at radius 3 is 2.89 bits per heavy atom. The molecule has 1 fully saturated rings. The summed E-state index contributed by atoms with van der Waals surface area (Å²) in [6, 6.07) is 7.45. The minimum absolute atomic E-state index is 0.0250. The van der Waals surface area contributed by atoms with E-state index in [1.807, 2.05) is 18.2 Å². The van der Waals surface area contributed by atoms with Gasteiger partial charge in [0, 0.05) is 0 Å². The van der Waals surface area contributed by atoms with Gasteiger partial charge in [-0.3, -0.25) is 8.75 Å². The molecule has 2 unspecified atom stereocenters. The summed E-state index contributed by atoms with van der Waals surface area (Å²) in [6.45, 7) is 0.432. The molecule has 6 heteroatoms. The molecule has 5 nitrogen and oxygen atoms in total. The first-order valence-corrected chi connectivity index (χ1v) is 6.89. The first kappa shape index (κ1) is 12.4. The highest BCUT2D eigenvalue weighted by Crippen LogP contribution is 2.23. The molecule has 100 valence electrons. The molecule has 0 aliphatic carbocycles. The number of carboxylic acid groups (broad SMARTS) is 1. The van der Waals surface area contributed by atoms with Crippen molar-refractivity contribution in [3.63, 3.8) is 0 Å². The topological polar surface area (TPSA) is 68.5 Å². The third-order valence-corrected chi connectivity index (χ3v) is 4.39. The second-order valence-electron chi connectivity index (χ2n) is 4.62. The van der Waals surface area contributed by atoms with E-state index in [-0.39, 0.29) is 11.7 Å². The molecule has 0 amide bonds. The molecule has 3 rings (SSSR count). The van der Waals surface area contributed by atoms with Crippen LogP contribution in [0.2, 0.25) is 0 Å². The average Bonchev–Trinajstić information content (AvgIpc) is 2.97. The van der Waals surface area contributed by atoms with Crippen molar-refractivity contribution in [2.45, 2.75) is 31.6 Å². The van der Waals surface area contributed by atoms with Crippen LogP contribution in [0.15, 0.2) is 29.1 Å². The van der Waals surface area contributed by atoms with Crippen LogP contribution in [0.25, 0.3) is 10.1 Å². The van der Waals surface area contributed by atoms with Gasteiger partial charge in [0.25, 0.3) is 5.56 Å². The number of aromatic nitrogens is 1. The number of nitrogens with zero attached hydrogens (tertiary/aromatic N) is 1. The SMILES string of the molecule is O=C(O)C1CCC(Cn2sc3ccccc3c2=O)O1. The highest BCUT2D eigenvalue weighted by atomic mass is 32.1. The lowest BCUT2D eigenvalue weighted by molar-refractivity contribution is -0.149. The molecule has 1 aromatic carbocycles. The highest BCUT2D eigenvalue weighted by Gasteiger charge is 2.31. The van der Waals surface area contributed by atoms with Gasteiger partial charge in [0.1, 0.15) is 0 Å². The summed E-state index contributed by atoms with van der Waals surface area (Å²) in [5.74, 6) is -0.925. The van der Waals surface area contributed by atoms with E-state index in [0.29, 0.717) is 24.8 Å². The Balaban J connectivity index is 1.81. The molecular weight excluding hydrogens is 266 g/mol. The minimum atomic E-state index is -0.925. The highest BCUT2D eigenvalue weighted by molar-refractivity contribution is 7.13. The van der Waals surface area contributed by atoms with Gasteiger partial charge in [-0.15, -0.1) is 0 Å². The third kappa shape index (κ3) is 2.29. The number of hydrogen-bond acceptors (Lipinski definition) is 4. The van der Waals surface area contributed by atoms with Crippen LogP contribution < -0.4 is 5.56 Å². The second-order valence-corrected chi connectivity index (χ2v) is 5.68. The van der Waals surface area contributed by atoms with E-state index >= 15 is 0 Å². The molecule has 19 heavy (non-hydrogen) atoms. The van der Waals surface area contributed by atoms with Crippen molar-refractivity contribution < 1.29 is 14.6 Å². The van der Waals surface area contributed by atoms with E-state index in [1.54, 1.807) is 10.0 Å². The lowest BCUT2D eigenvalue weighted by atomic mass is 10.2. The fourth-order valence-corrected chi connectivity index (χ4v) is 3.40. The van der Waals surface area contributed by atoms with Gasteiger partial charge in [-0.2, -0.15) is 0 Å². The number of ether oxygens (including phenoxy) is 1. The molecule has 2 atom stereocenters. The van der Waals surface area contributed by atoms with Crippen molar-refractivity contribution in [2.24, 2.45) is 0 Å². The molecule has 1 aliphatic heterocycles. The lowest BCUT2D eigenvalue weighted by Crippen LogP contribution is -2.25. The monoisotopic (exact) mass is 279 g/mol. The molecule has 1 saturated heterocycles. The van der Waals surface area contributed by atoms with Gasteiger partial charge >= 0.3 is 5.97 Å². The molecule has 1 aliphatic rings. The third-order valence-electron chi connectivity index (χ3n) is 3.30.